The van der Waals surface area contributed by atoms with Crippen molar-refractivity contribution in [3.63, 3.8) is 0 Å². The Labute approximate surface area is 162 Å². The van der Waals surface area contributed by atoms with Crippen LogP contribution in [-0.2, 0) is 14.8 Å². The number of sulfonamides is 1. The molecule has 1 aromatic carbocycles. The fourth-order valence-corrected chi connectivity index (χ4v) is 4.14. The van der Waals surface area contributed by atoms with Gasteiger partial charge in [0.1, 0.15) is 0 Å². The Morgan fingerprint density at radius 3 is 2.37 bits per heavy atom. The molecule has 0 atom stereocenters. The normalized spacial score (nSPS) is 11.9. The molecule has 0 spiro atoms. The van der Waals surface area contributed by atoms with Crippen LogP contribution in [0.1, 0.15) is 48.5 Å². The topological polar surface area (TPSA) is 114 Å². The quantitative estimate of drug-likeness (QED) is 0.706. The third-order valence-corrected chi connectivity index (χ3v) is 5.61. The first-order valence-electron chi connectivity index (χ1n) is 8.10. The lowest BCUT2D eigenvalue weighted by Crippen LogP contribution is -2.40. The summed E-state index contributed by atoms with van der Waals surface area (Å²) in [6, 6.07) is 5.53. The molecule has 0 aliphatic heterocycles. The number of carbonyl (C=O) groups excluding carboxylic acids is 2. The largest absolute Gasteiger partial charge is 0.461 e. The molecule has 1 heterocycles. The van der Waals surface area contributed by atoms with Gasteiger partial charge in [0.05, 0.1) is 11.5 Å². The molecule has 8 nitrogen and oxygen atoms in total. The number of hydrogen-bond acceptors (Lipinski definition) is 7. The Hall–Kier alpha value is -2.30. The molecule has 2 aromatic rings. The first kappa shape index (κ1) is 21.0. The SMILES string of the molecule is CCOC(=O)c1csc(NC(=O)c2ccc(S(=O)(=O)NC(C)(C)C)cc2)n1. The smallest absolute Gasteiger partial charge is 0.357 e. The molecular weight excluding hydrogens is 390 g/mol. The van der Waals surface area contributed by atoms with E-state index in [2.05, 4.69) is 15.0 Å². The fourth-order valence-electron chi connectivity index (χ4n) is 2.05. The van der Waals surface area contributed by atoms with Crippen molar-refractivity contribution in [2.24, 2.45) is 0 Å². The van der Waals surface area contributed by atoms with E-state index < -0.39 is 27.4 Å². The zero-order chi connectivity index (χ0) is 20.2. The first-order chi connectivity index (χ1) is 12.5. The maximum atomic E-state index is 12.3. The van der Waals surface area contributed by atoms with Gasteiger partial charge in [-0.1, -0.05) is 0 Å². The molecule has 0 radical (unpaired) electrons. The molecule has 27 heavy (non-hydrogen) atoms. The second-order valence-corrected chi connectivity index (χ2v) is 9.13. The van der Waals surface area contributed by atoms with Gasteiger partial charge in [0, 0.05) is 16.5 Å². The molecule has 10 heteroatoms. The number of benzene rings is 1. The minimum Gasteiger partial charge on any atom is -0.461 e. The molecule has 0 unspecified atom stereocenters. The molecule has 0 saturated heterocycles. The van der Waals surface area contributed by atoms with Crippen molar-refractivity contribution in [2.45, 2.75) is 38.1 Å². The molecule has 0 saturated carbocycles. The van der Waals surface area contributed by atoms with Crippen molar-refractivity contribution in [3.05, 3.63) is 40.9 Å². The second kappa shape index (κ2) is 8.15. The van der Waals surface area contributed by atoms with Crippen LogP contribution in [0, 0.1) is 0 Å². The van der Waals surface area contributed by atoms with Crippen molar-refractivity contribution in [1.82, 2.24) is 9.71 Å². The lowest BCUT2D eigenvalue weighted by atomic mass is 10.1. The van der Waals surface area contributed by atoms with Crippen molar-refractivity contribution >= 4 is 38.4 Å². The first-order valence-corrected chi connectivity index (χ1v) is 10.5. The summed E-state index contributed by atoms with van der Waals surface area (Å²) in [4.78, 5) is 27.9. The van der Waals surface area contributed by atoms with E-state index in [1.54, 1.807) is 27.7 Å². The van der Waals surface area contributed by atoms with Gasteiger partial charge in [-0.25, -0.2) is 22.9 Å². The highest BCUT2D eigenvalue weighted by molar-refractivity contribution is 7.89. The number of aromatic nitrogens is 1. The Bertz CT molecular complexity index is 928. The van der Waals surface area contributed by atoms with E-state index in [-0.39, 0.29) is 27.9 Å². The molecule has 1 amide bonds. The number of anilines is 1. The number of nitrogens with one attached hydrogen (secondary N) is 2. The third kappa shape index (κ3) is 5.84. The highest BCUT2D eigenvalue weighted by Crippen LogP contribution is 2.18. The standard InChI is InChI=1S/C17H21N3O5S2/c1-5-25-15(22)13-10-26-16(18-13)19-14(21)11-6-8-12(9-7-11)27(23,24)20-17(2,3)4/h6-10,20H,5H2,1-4H3,(H,18,19,21). The molecule has 0 aliphatic rings. The molecule has 2 N–H and O–H groups in total. The second-order valence-electron chi connectivity index (χ2n) is 6.59. The van der Waals surface area contributed by atoms with Crippen LogP contribution in [0.5, 0.6) is 0 Å². The fraction of sp³-hybridized carbons (Fsp3) is 0.353. The van der Waals surface area contributed by atoms with Crippen LogP contribution in [0.2, 0.25) is 0 Å². The highest BCUT2D eigenvalue weighted by Gasteiger charge is 2.22. The van der Waals surface area contributed by atoms with Crippen LogP contribution in [0.25, 0.3) is 0 Å². The van der Waals surface area contributed by atoms with Crippen LogP contribution < -0.4 is 10.0 Å². The summed E-state index contributed by atoms with van der Waals surface area (Å²) in [7, 11) is -3.67. The van der Waals surface area contributed by atoms with E-state index in [0.717, 1.165) is 11.3 Å². The Morgan fingerprint density at radius 1 is 1.19 bits per heavy atom. The summed E-state index contributed by atoms with van der Waals surface area (Å²) < 4.78 is 31.9. The average molecular weight is 412 g/mol. The van der Waals surface area contributed by atoms with Gasteiger partial charge in [-0.15, -0.1) is 11.3 Å². The van der Waals surface area contributed by atoms with Crippen molar-refractivity contribution < 1.29 is 22.7 Å². The van der Waals surface area contributed by atoms with E-state index in [0.29, 0.717) is 0 Å². The van der Waals surface area contributed by atoms with Gasteiger partial charge in [-0.3, -0.25) is 10.1 Å². The number of carbonyl (C=O) groups is 2. The maximum absolute atomic E-state index is 12.3. The third-order valence-electron chi connectivity index (χ3n) is 3.08. The molecule has 146 valence electrons. The summed E-state index contributed by atoms with van der Waals surface area (Å²) in [5.41, 5.74) is -0.236. The lowest BCUT2D eigenvalue weighted by molar-refractivity contribution is 0.0520. The molecule has 2 rings (SSSR count). The van der Waals surface area contributed by atoms with Crippen molar-refractivity contribution in [3.8, 4) is 0 Å². The van der Waals surface area contributed by atoms with Crippen LogP contribution in [0.3, 0.4) is 0 Å². The molecular formula is C17H21N3O5S2. The van der Waals surface area contributed by atoms with E-state index >= 15 is 0 Å². The van der Waals surface area contributed by atoms with Gasteiger partial charge in [-0.05, 0) is 52.0 Å². The van der Waals surface area contributed by atoms with Crippen LogP contribution >= 0.6 is 11.3 Å². The van der Waals surface area contributed by atoms with Gasteiger partial charge >= 0.3 is 5.97 Å². The van der Waals surface area contributed by atoms with E-state index in [1.165, 1.54) is 29.6 Å². The molecule has 1 aromatic heterocycles. The summed E-state index contributed by atoms with van der Waals surface area (Å²) >= 11 is 1.09. The summed E-state index contributed by atoms with van der Waals surface area (Å²) in [6.45, 7) is 7.14. The number of nitrogens with zero attached hydrogens (tertiary/aromatic N) is 1. The van der Waals surface area contributed by atoms with Gasteiger partial charge in [0.15, 0.2) is 10.8 Å². The van der Waals surface area contributed by atoms with Gasteiger partial charge in [0.25, 0.3) is 5.91 Å². The van der Waals surface area contributed by atoms with Crippen LogP contribution in [-0.4, -0.2) is 37.4 Å². The Morgan fingerprint density at radius 2 is 1.81 bits per heavy atom. The van der Waals surface area contributed by atoms with E-state index in [1.807, 2.05) is 0 Å². The van der Waals surface area contributed by atoms with Gasteiger partial charge in [-0.2, -0.15) is 0 Å². The number of esters is 1. The number of thiazole rings is 1. The lowest BCUT2D eigenvalue weighted by Gasteiger charge is -2.20. The van der Waals surface area contributed by atoms with Gasteiger partial charge in [0.2, 0.25) is 10.0 Å². The number of ether oxygens (including phenoxy) is 1. The molecule has 0 bridgehead atoms. The maximum Gasteiger partial charge on any atom is 0.357 e. The predicted octanol–water partition coefficient (Wildman–Crippen LogP) is 2.65. The van der Waals surface area contributed by atoms with E-state index in [9.17, 15) is 18.0 Å². The monoisotopic (exact) mass is 411 g/mol. The van der Waals surface area contributed by atoms with Crippen molar-refractivity contribution in [2.75, 3.05) is 11.9 Å². The molecule has 0 fully saturated rings. The summed E-state index contributed by atoms with van der Waals surface area (Å²) in [5.74, 6) is -1.03. The summed E-state index contributed by atoms with van der Waals surface area (Å²) in [6.07, 6.45) is 0. The van der Waals surface area contributed by atoms with Crippen LogP contribution in [0.15, 0.2) is 34.5 Å². The summed E-state index contributed by atoms with van der Waals surface area (Å²) in [5, 5.41) is 4.30. The van der Waals surface area contributed by atoms with Crippen molar-refractivity contribution in [1.29, 1.82) is 0 Å². The minimum absolute atomic E-state index is 0.0628. The molecule has 0 aliphatic carbocycles. The zero-order valence-electron chi connectivity index (χ0n) is 15.4. The van der Waals surface area contributed by atoms with Crippen LogP contribution in [0.4, 0.5) is 5.13 Å². The average Bonchev–Trinajstić information content (AvgIpc) is 3.01. The van der Waals surface area contributed by atoms with E-state index in [4.69, 9.17) is 4.74 Å². The Kier molecular flexibility index (Phi) is 6.34. The minimum atomic E-state index is -3.67. The number of amides is 1. The predicted molar refractivity (Wildman–Crippen MR) is 103 cm³/mol. The highest BCUT2D eigenvalue weighted by atomic mass is 32.2. The Balaban J connectivity index is 2.09. The zero-order valence-corrected chi connectivity index (χ0v) is 17.0. The number of hydrogen-bond donors (Lipinski definition) is 2. The van der Waals surface area contributed by atoms with Gasteiger partial charge < -0.3 is 4.74 Å². The number of rotatable bonds is 6.